The predicted octanol–water partition coefficient (Wildman–Crippen LogP) is 4.42. The van der Waals surface area contributed by atoms with Crippen LogP contribution in [-0.2, 0) is 31.8 Å². The standard InChI is InChI=1S/C28H33F3N2O6/c1-26(2,3)39-23(35)12-13-27(25(36)32-17-19-6-4-7-21(16-19)28(29,30)31)18-38-24(33-27)20-8-10-22(11-9-20)37-15-5-14-34/h4,6-11,16,34H,5,12-15,17-18H2,1-3H3,(H,32,36)/t27-/m1/s1. The van der Waals surface area contributed by atoms with E-state index in [1.807, 2.05) is 0 Å². The minimum atomic E-state index is -4.51. The van der Waals surface area contributed by atoms with Crippen molar-refractivity contribution in [1.29, 1.82) is 0 Å². The van der Waals surface area contributed by atoms with Gasteiger partial charge in [-0.25, -0.2) is 4.99 Å². The van der Waals surface area contributed by atoms with E-state index < -0.39 is 34.8 Å². The zero-order valence-corrected chi connectivity index (χ0v) is 22.1. The maximum Gasteiger partial charge on any atom is 0.416 e. The molecule has 0 spiro atoms. The lowest BCUT2D eigenvalue weighted by molar-refractivity contribution is -0.155. The Bertz CT molecular complexity index is 1180. The normalized spacial score (nSPS) is 17.3. The highest BCUT2D eigenvalue weighted by Crippen LogP contribution is 2.31. The van der Waals surface area contributed by atoms with E-state index in [0.29, 0.717) is 24.3 Å². The van der Waals surface area contributed by atoms with Crippen molar-refractivity contribution in [3.63, 3.8) is 0 Å². The van der Waals surface area contributed by atoms with Gasteiger partial charge in [-0.2, -0.15) is 13.2 Å². The minimum Gasteiger partial charge on any atom is -0.494 e. The lowest BCUT2D eigenvalue weighted by atomic mass is 9.94. The molecule has 8 nitrogen and oxygen atoms in total. The molecule has 0 saturated heterocycles. The number of nitrogens with one attached hydrogen (secondary N) is 1. The average molecular weight is 551 g/mol. The van der Waals surface area contributed by atoms with Gasteiger partial charge < -0.3 is 24.6 Å². The van der Waals surface area contributed by atoms with Crippen molar-refractivity contribution in [2.75, 3.05) is 19.8 Å². The van der Waals surface area contributed by atoms with Crippen molar-refractivity contribution in [1.82, 2.24) is 5.32 Å². The highest BCUT2D eigenvalue weighted by Gasteiger charge is 2.44. The molecule has 0 unspecified atom stereocenters. The zero-order chi connectivity index (χ0) is 28.7. The zero-order valence-electron chi connectivity index (χ0n) is 22.1. The molecule has 0 aliphatic carbocycles. The molecule has 2 N–H and O–H groups in total. The third kappa shape index (κ3) is 8.71. The molecule has 0 bridgehead atoms. The molecule has 2 aromatic carbocycles. The number of nitrogens with zero attached hydrogens (tertiary/aromatic N) is 1. The summed E-state index contributed by atoms with van der Waals surface area (Å²) in [5, 5.41) is 11.5. The van der Waals surface area contributed by atoms with Gasteiger partial charge in [-0.15, -0.1) is 0 Å². The number of benzene rings is 2. The number of alkyl halides is 3. The smallest absolute Gasteiger partial charge is 0.416 e. The molecule has 1 amide bonds. The predicted molar refractivity (Wildman–Crippen MR) is 137 cm³/mol. The van der Waals surface area contributed by atoms with E-state index in [-0.39, 0.29) is 44.1 Å². The molecule has 1 atom stereocenters. The van der Waals surface area contributed by atoms with Gasteiger partial charge in [0.1, 0.15) is 18.0 Å². The molecule has 1 aliphatic rings. The van der Waals surface area contributed by atoms with Crippen LogP contribution in [-0.4, -0.2) is 53.8 Å². The van der Waals surface area contributed by atoms with Crippen LogP contribution in [0.4, 0.5) is 13.2 Å². The fraction of sp³-hybridized carbons (Fsp3) is 0.464. The Morgan fingerprint density at radius 2 is 1.85 bits per heavy atom. The summed E-state index contributed by atoms with van der Waals surface area (Å²) < 4.78 is 55.9. The Labute approximate surface area is 225 Å². The Balaban J connectivity index is 1.79. The lowest BCUT2D eigenvalue weighted by Gasteiger charge is -2.24. The Kier molecular flexibility index (Phi) is 9.60. The number of halogens is 3. The van der Waals surface area contributed by atoms with E-state index in [0.717, 1.165) is 12.1 Å². The van der Waals surface area contributed by atoms with Gasteiger partial charge in [0.2, 0.25) is 5.90 Å². The molecule has 11 heteroatoms. The first-order valence-electron chi connectivity index (χ1n) is 12.5. The Hall–Kier alpha value is -3.60. The van der Waals surface area contributed by atoms with Crippen LogP contribution < -0.4 is 10.1 Å². The van der Waals surface area contributed by atoms with Crippen LogP contribution in [0.3, 0.4) is 0 Å². The molecule has 0 aromatic heterocycles. The minimum absolute atomic E-state index is 0.0178. The van der Waals surface area contributed by atoms with Crippen LogP contribution in [0.5, 0.6) is 5.75 Å². The number of carbonyl (C=O) groups is 2. The molecule has 1 aliphatic heterocycles. The second-order valence-electron chi connectivity index (χ2n) is 10.2. The quantitative estimate of drug-likeness (QED) is 0.317. The first kappa shape index (κ1) is 29.9. The summed E-state index contributed by atoms with van der Waals surface area (Å²) in [7, 11) is 0. The lowest BCUT2D eigenvalue weighted by Crippen LogP contribution is -2.47. The van der Waals surface area contributed by atoms with E-state index in [9.17, 15) is 22.8 Å². The first-order chi connectivity index (χ1) is 18.3. The number of rotatable bonds is 11. The number of hydrogen-bond acceptors (Lipinski definition) is 7. The number of esters is 1. The Morgan fingerprint density at radius 3 is 2.49 bits per heavy atom. The summed E-state index contributed by atoms with van der Waals surface area (Å²) in [5.74, 6) is -0.320. The van der Waals surface area contributed by atoms with E-state index in [4.69, 9.17) is 19.3 Å². The van der Waals surface area contributed by atoms with Gasteiger partial charge in [0, 0.05) is 31.6 Å². The van der Waals surface area contributed by atoms with Gasteiger partial charge in [-0.3, -0.25) is 9.59 Å². The summed E-state index contributed by atoms with van der Waals surface area (Å²) >= 11 is 0. The van der Waals surface area contributed by atoms with Crippen molar-refractivity contribution in [3.8, 4) is 5.75 Å². The summed E-state index contributed by atoms with van der Waals surface area (Å²) in [5.41, 5.74) is -2.17. The molecule has 3 rings (SSSR count). The molecule has 2 aromatic rings. The van der Waals surface area contributed by atoms with Crippen LogP contribution >= 0.6 is 0 Å². The highest BCUT2D eigenvalue weighted by atomic mass is 19.4. The molecular weight excluding hydrogens is 517 g/mol. The molecule has 0 radical (unpaired) electrons. The molecule has 0 saturated carbocycles. The molecule has 1 heterocycles. The molecule has 39 heavy (non-hydrogen) atoms. The second-order valence-corrected chi connectivity index (χ2v) is 10.2. The monoisotopic (exact) mass is 550 g/mol. The first-order valence-corrected chi connectivity index (χ1v) is 12.5. The van der Waals surface area contributed by atoms with Gasteiger partial charge in [0.05, 0.1) is 12.2 Å². The van der Waals surface area contributed by atoms with E-state index in [1.165, 1.54) is 12.1 Å². The number of carbonyl (C=O) groups excluding carboxylic acids is 2. The number of aliphatic hydroxyl groups excluding tert-OH is 1. The van der Waals surface area contributed by atoms with Crippen molar-refractivity contribution < 1.29 is 42.1 Å². The number of aliphatic hydroxyl groups is 1. The number of ether oxygens (including phenoxy) is 3. The summed E-state index contributed by atoms with van der Waals surface area (Å²) in [4.78, 5) is 30.3. The van der Waals surface area contributed by atoms with Gasteiger partial charge in [-0.05, 0) is 69.2 Å². The topological polar surface area (TPSA) is 106 Å². The van der Waals surface area contributed by atoms with E-state index in [2.05, 4.69) is 10.3 Å². The fourth-order valence-corrected chi connectivity index (χ4v) is 3.81. The maximum atomic E-state index is 13.4. The summed E-state index contributed by atoms with van der Waals surface area (Å²) in [6, 6.07) is 11.5. The van der Waals surface area contributed by atoms with Crippen molar-refractivity contribution in [2.45, 2.75) is 63.9 Å². The van der Waals surface area contributed by atoms with Gasteiger partial charge in [-0.1, -0.05) is 12.1 Å². The van der Waals surface area contributed by atoms with Crippen LogP contribution in [0.1, 0.15) is 56.7 Å². The van der Waals surface area contributed by atoms with Crippen molar-refractivity contribution in [2.24, 2.45) is 4.99 Å². The maximum absolute atomic E-state index is 13.4. The van der Waals surface area contributed by atoms with Crippen LogP contribution in [0.2, 0.25) is 0 Å². The van der Waals surface area contributed by atoms with E-state index >= 15 is 0 Å². The van der Waals surface area contributed by atoms with Crippen LogP contribution in [0, 0.1) is 0 Å². The van der Waals surface area contributed by atoms with Crippen molar-refractivity contribution >= 4 is 17.8 Å². The molecular formula is C28H33F3N2O6. The van der Waals surface area contributed by atoms with Gasteiger partial charge in [0.25, 0.3) is 5.91 Å². The van der Waals surface area contributed by atoms with Crippen LogP contribution in [0.15, 0.2) is 53.5 Å². The molecule has 212 valence electrons. The van der Waals surface area contributed by atoms with Crippen LogP contribution in [0.25, 0.3) is 0 Å². The SMILES string of the molecule is CC(C)(C)OC(=O)CC[C@]1(C(=O)NCc2cccc(C(F)(F)F)c2)COC(c2ccc(OCCCO)cc2)=N1. The van der Waals surface area contributed by atoms with Crippen molar-refractivity contribution in [3.05, 3.63) is 65.2 Å². The third-order valence-electron chi connectivity index (χ3n) is 5.73. The summed E-state index contributed by atoms with van der Waals surface area (Å²) in [6.45, 7) is 5.24. The fourth-order valence-electron chi connectivity index (χ4n) is 3.81. The third-order valence-corrected chi connectivity index (χ3v) is 5.73. The highest BCUT2D eigenvalue weighted by molar-refractivity contribution is 6.00. The number of aliphatic imine (C=N–C) groups is 1. The largest absolute Gasteiger partial charge is 0.494 e. The second kappa shape index (κ2) is 12.5. The molecule has 0 fully saturated rings. The summed E-state index contributed by atoms with van der Waals surface area (Å²) in [6.07, 6.45) is -4.16. The number of hydrogen-bond donors (Lipinski definition) is 2. The van der Waals surface area contributed by atoms with Gasteiger partial charge in [0.15, 0.2) is 5.54 Å². The van der Waals surface area contributed by atoms with E-state index in [1.54, 1.807) is 45.0 Å². The average Bonchev–Trinajstić information content (AvgIpc) is 3.31. The van der Waals surface area contributed by atoms with Gasteiger partial charge >= 0.3 is 12.1 Å². The Morgan fingerprint density at radius 1 is 1.13 bits per heavy atom. The number of amides is 1.